The molecule has 1 heterocycles. The average Bonchev–Trinajstić information content (AvgIpc) is 2.27. The Labute approximate surface area is 78.1 Å². The number of hydrogen-bond acceptors (Lipinski definition) is 2. The average molecular weight is 253 g/mol. The Morgan fingerprint density at radius 1 is 1.27 bits per heavy atom. The molecule has 1 atom stereocenters. The van der Waals surface area contributed by atoms with Gasteiger partial charge in [-0.2, -0.15) is 0 Å². The molecule has 1 aliphatic rings. The molecule has 2 rings (SSSR count). The SMILES string of the molecule is Clc1ccc2c(c1)OP(Br)O2. The van der Waals surface area contributed by atoms with Gasteiger partial charge >= 0.3 is 7.08 Å². The second kappa shape index (κ2) is 2.81. The summed E-state index contributed by atoms with van der Waals surface area (Å²) >= 11 is 8.95. The monoisotopic (exact) mass is 252 g/mol. The normalized spacial score (nSPS) is 20.4. The van der Waals surface area contributed by atoms with Crippen LogP contribution in [0.1, 0.15) is 0 Å². The van der Waals surface area contributed by atoms with E-state index in [4.69, 9.17) is 20.6 Å². The van der Waals surface area contributed by atoms with Crippen molar-refractivity contribution in [2.24, 2.45) is 0 Å². The minimum Gasteiger partial charge on any atom is -0.427 e. The van der Waals surface area contributed by atoms with Crippen molar-refractivity contribution >= 4 is 34.2 Å². The Morgan fingerprint density at radius 2 is 2.00 bits per heavy atom. The number of rotatable bonds is 0. The van der Waals surface area contributed by atoms with E-state index in [0.717, 1.165) is 5.75 Å². The molecule has 0 amide bonds. The molecular formula is C6H3BrClO2P. The maximum atomic E-state index is 5.73. The zero-order valence-corrected chi connectivity index (χ0v) is 8.49. The molecule has 0 fully saturated rings. The van der Waals surface area contributed by atoms with E-state index in [2.05, 4.69) is 15.5 Å². The van der Waals surface area contributed by atoms with Crippen molar-refractivity contribution in [2.75, 3.05) is 0 Å². The first kappa shape index (κ1) is 7.66. The van der Waals surface area contributed by atoms with Crippen LogP contribution >= 0.6 is 34.2 Å². The zero-order chi connectivity index (χ0) is 7.84. The summed E-state index contributed by atoms with van der Waals surface area (Å²) in [5.74, 6) is 1.46. The summed E-state index contributed by atoms with van der Waals surface area (Å²) in [6.07, 6.45) is 0. The van der Waals surface area contributed by atoms with Gasteiger partial charge in [0.1, 0.15) is 0 Å². The first-order valence-electron chi connectivity index (χ1n) is 2.87. The summed E-state index contributed by atoms with van der Waals surface area (Å²) in [6.45, 7) is 0. The maximum absolute atomic E-state index is 5.73. The molecule has 0 bridgehead atoms. The molecule has 0 N–H and O–H groups in total. The molecule has 0 saturated heterocycles. The Bertz CT molecular complexity index is 294. The van der Waals surface area contributed by atoms with Crippen LogP contribution in [-0.2, 0) is 0 Å². The van der Waals surface area contributed by atoms with Crippen LogP contribution in [0, 0.1) is 0 Å². The van der Waals surface area contributed by atoms with Crippen LogP contribution in [0.5, 0.6) is 11.5 Å². The maximum Gasteiger partial charge on any atom is 0.368 e. The van der Waals surface area contributed by atoms with Gasteiger partial charge in [0.05, 0.1) is 0 Å². The van der Waals surface area contributed by atoms with Gasteiger partial charge in [-0.05, 0) is 12.1 Å². The van der Waals surface area contributed by atoms with Crippen molar-refractivity contribution < 1.29 is 9.05 Å². The molecule has 1 aliphatic heterocycles. The standard InChI is InChI=1S/C6H3BrClO2P/c7-11-9-5-2-1-4(8)3-6(5)10-11/h1-3H. The van der Waals surface area contributed by atoms with Crippen molar-refractivity contribution in [2.45, 2.75) is 0 Å². The predicted octanol–water partition coefficient (Wildman–Crippen LogP) is 3.73. The van der Waals surface area contributed by atoms with E-state index in [1.54, 1.807) is 18.2 Å². The molecule has 1 aromatic rings. The van der Waals surface area contributed by atoms with Gasteiger partial charge in [0.25, 0.3) is 0 Å². The number of halogens is 2. The Balaban J connectivity index is 2.43. The van der Waals surface area contributed by atoms with E-state index in [-0.39, 0.29) is 0 Å². The van der Waals surface area contributed by atoms with E-state index in [1.807, 2.05) is 0 Å². The predicted molar refractivity (Wildman–Crippen MR) is 48.6 cm³/mol. The van der Waals surface area contributed by atoms with Crippen molar-refractivity contribution in [3.05, 3.63) is 23.2 Å². The van der Waals surface area contributed by atoms with Gasteiger partial charge in [-0.15, -0.1) is 0 Å². The van der Waals surface area contributed by atoms with Gasteiger partial charge in [0, 0.05) is 26.6 Å². The summed E-state index contributed by atoms with van der Waals surface area (Å²) in [4.78, 5) is 0. The summed E-state index contributed by atoms with van der Waals surface area (Å²) in [6, 6.07) is 5.30. The molecule has 0 radical (unpaired) electrons. The Hall–Kier alpha value is 0.0200. The van der Waals surface area contributed by atoms with Gasteiger partial charge < -0.3 is 9.05 Å². The van der Waals surface area contributed by atoms with E-state index in [9.17, 15) is 0 Å². The van der Waals surface area contributed by atoms with Crippen LogP contribution in [0.25, 0.3) is 0 Å². The van der Waals surface area contributed by atoms with Gasteiger partial charge in [0.2, 0.25) is 0 Å². The fourth-order valence-corrected chi connectivity index (χ4v) is 2.54. The zero-order valence-electron chi connectivity index (χ0n) is 5.25. The van der Waals surface area contributed by atoms with Gasteiger partial charge in [-0.25, -0.2) is 0 Å². The third kappa shape index (κ3) is 1.46. The fraction of sp³-hybridized carbons (Fsp3) is 0. The van der Waals surface area contributed by atoms with Crippen LogP contribution in [0.2, 0.25) is 5.02 Å². The minimum atomic E-state index is -0.950. The molecular weight excluding hydrogens is 250 g/mol. The van der Waals surface area contributed by atoms with Crippen molar-refractivity contribution in [3.8, 4) is 11.5 Å². The second-order valence-corrected chi connectivity index (χ2v) is 4.95. The highest BCUT2D eigenvalue weighted by atomic mass is 79.9. The molecule has 1 unspecified atom stereocenters. The summed E-state index contributed by atoms with van der Waals surface area (Å²) in [5.41, 5.74) is 0. The first-order valence-corrected chi connectivity index (χ1v) is 6.44. The number of benzene rings is 1. The van der Waals surface area contributed by atoms with E-state index < -0.39 is 7.08 Å². The van der Waals surface area contributed by atoms with E-state index in [0.29, 0.717) is 10.8 Å². The molecule has 0 aromatic heterocycles. The number of fused-ring (bicyclic) bond motifs is 1. The molecule has 2 nitrogen and oxygen atoms in total. The van der Waals surface area contributed by atoms with Crippen molar-refractivity contribution in [1.29, 1.82) is 0 Å². The van der Waals surface area contributed by atoms with Crippen LogP contribution in [0.15, 0.2) is 18.2 Å². The first-order chi connectivity index (χ1) is 5.25. The summed E-state index contributed by atoms with van der Waals surface area (Å²) < 4.78 is 10.5. The smallest absolute Gasteiger partial charge is 0.368 e. The van der Waals surface area contributed by atoms with Crippen molar-refractivity contribution in [1.82, 2.24) is 0 Å². The molecule has 0 saturated carbocycles. The van der Waals surface area contributed by atoms with Crippen LogP contribution in [-0.4, -0.2) is 0 Å². The van der Waals surface area contributed by atoms with Gasteiger partial charge in [0.15, 0.2) is 11.5 Å². The molecule has 11 heavy (non-hydrogen) atoms. The topological polar surface area (TPSA) is 18.5 Å². The third-order valence-electron chi connectivity index (χ3n) is 1.25. The molecule has 0 spiro atoms. The van der Waals surface area contributed by atoms with Crippen LogP contribution in [0.4, 0.5) is 0 Å². The second-order valence-electron chi connectivity index (χ2n) is 1.99. The largest absolute Gasteiger partial charge is 0.427 e. The lowest BCUT2D eigenvalue weighted by molar-refractivity contribution is 0.598. The highest BCUT2D eigenvalue weighted by molar-refractivity contribution is 9.38. The Kier molecular flexibility index (Phi) is 1.96. The third-order valence-corrected chi connectivity index (χ3v) is 3.03. The van der Waals surface area contributed by atoms with E-state index >= 15 is 0 Å². The fourth-order valence-electron chi connectivity index (χ4n) is 0.802. The van der Waals surface area contributed by atoms with Crippen molar-refractivity contribution in [3.63, 3.8) is 0 Å². The highest BCUT2D eigenvalue weighted by Gasteiger charge is 2.22. The van der Waals surface area contributed by atoms with E-state index in [1.165, 1.54) is 0 Å². The van der Waals surface area contributed by atoms with Crippen LogP contribution in [0.3, 0.4) is 0 Å². The summed E-state index contributed by atoms with van der Waals surface area (Å²) in [5, 5.41) is 0.658. The van der Waals surface area contributed by atoms with Gasteiger partial charge in [-0.3, -0.25) is 0 Å². The lowest BCUT2D eigenvalue weighted by Gasteiger charge is -1.94. The minimum absolute atomic E-state index is 0.658. The van der Waals surface area contributed by atoms with Crippen LogP contribution < -0.4 is 9.05 Å². The molecule has 1 aromatic carbocycles. The quantitative estimate of drug-likeness (QED) is 0.656. The molecule has 0 aliphatic carbocycles. The lowest BCUT2D eigenvalue weighted by atomic mass is 10.3. The molecule has 58 valence electrons. The van der Waals surface area contributed by atoms with Gasteiger partial charge in [-0.1, -0.05) is 11.6 Å². The number of hydrogen-bond donors (Lipinski definition) is 0. The Morgan fingerprint density at radius 3 is 2.82 bits per heavy atom. The molecule has 5 heteroatoms. The highest BCUT2D eigenvalue weighted by Crippen LogP contribution is 2.57. The lowest BCUT2D eigenvalue weighted by Crippen LogP contribution is -1.71. The summed E-state index contributed by atoms with van der Waals surface area (Å²) in [7, 11) is -0.950.